The van der Waals surface area contributed by atoms with Crippen LogP contribution in [0.3, 0.4) is 0 Å². The first kappa shape index (κ1) is 19.5. The molecule has 1 aliphatic rings. The lowest BCUT2D eigenvalue weighted by molar-refractivity contribution is 0.0950. The number of methoxy groups -OCH3 is 2. The van der Waals surface area contributed by atoms with E-state index in [2.05, 4.69) is 29.9 Å². The van der Waals surface area contributed by atoms with Crippen molar-refractivity contribution in [3.05, 3.63) is 89.6 Å². The van der Waals surface area contributed by atoms with Gasteiger partial charge in [-0.15, -0.1) is 5.10 Å². The van der Waals surface area contributed by atoms with Crippen LogP contribution in [-0.4, -0.2) is 29.9 Å². The van der Waals surface area contributed by atoms with Gasteiger partial charge in [-0.2, -0.15) is 4.68 Å². The first-order valence-corrected chi connectivity index (χ1v) is 9.55. The van der Waals surface area contributed by atoms with Crippen molar-refractivity contribution in [1.82, 2.24) is 9.78 Å². The number of hydrogen-bond donors (Lipinski definition) is 1. The van der Waals surface area contributed by atoms with Crippen LogP contribution >= 0.6 is 0 Å². The third-order valence-electron chi connectivity index (χ3n) is 5.58. The SMILES string of the molecule is C=CC(=O)n1nc(N)c2c1CC(c1cccc(OC)c1)(c1cccc(OC)c1)C=C2. The summed E-state index contributed by atoms with van der Waals surface area (Å²) in [6.45, 7) is 3.59. The number of fused-ring (bicyclic) bond motifs is 1. The van der Waals surface area contributed by atoms with Gasteiger partial charge in [0.2, 0.25) is 0 Å². The zero-order valence-electron chi connectivity index (χ0n) is 17.0. The monoisotopic (exact) mass is 401 g/mol. The molecule has 1 aliphatic carbocycles. The minimum atomic E-state index is -0.568. The van der Waals surface area contributed by atoms with Crippen LogP contribution in [0.15, 0.2) is 67.3 Å². The van der Waals surface area contributed by atoms with Crippen molar-refractivity contribution in [1.29, 1.82) is 0 Å². The number of benzene rings is 2. The second-order valence-electron chi connectivity index (χ2n) is 7.15. The van der Waals surface area contributed by atoms with Gasteiger partial charge >= 0.3 is 0 Å². The van der Waals surface area contributed by atoms with Gasteiger partial charge < -0.3 is 15.2 Å². The van der Waals surface area contributed by atoms with Crippen LogP contribution in [0.25, 0.3) is 6.08 Å². The molecule has 1 aromatic heterocycles. The molecule has 152 valence electrons. The molecular weight excluding hydrogens is 378 g/mol. The molecule has 0 amide bonds. The van der Waals surface area contributed by atoms with Crippen LogP contribution in [0.2, 0.25) is 0 Å². The molecule has 0 aliphatic heterocycles. The first-order valence-electron chi connectivity index (χ1n) is 9.55. The number of nitrogens with zero attached hydrogens (tertiary/aromatic N) is 2. The Balaban J connectivity index is 1.97. The van der Waals surface area contributed by atoms with E-state index in [1.54, 1.807) is 14.2 Å². The van der Waals surface area contributed by atoms with E-state index >= 15 is 0 Å². The van der Waals surface area contributed by atoms with E-state index < -0.39 is 5.41 Å². The summed E-state index contributed by atoms with van der Waals surface area (Å²) in [5.74, 6) is 1.51. The van der Waals surface area contributed by atoms with Crippen LogP contribution in [0, 0.1) is 0 Å². The molecule has 1 heterocycles. The second kappa shape index (κ2) is 7.55. The van der Waals surface area contributed by atoms with Crippen molar-refractivity contribution in [2.24, 2.45) is 0 Å². The van der Waals surface area contributed by atoms with Gasteiger partial charge in [-0.3, -0.25) is 4.79 Å². The number of carbonyl (C=O) groups is 1. The normalized spacial score (nSPS) is 14.1. The van der Waals surface area contributed by atoms with Gasteiger partial charge in [0, 0.05) is 17.4 Å². The first-order chi connectivity index (χ1) is 14.5. The predicted octanol–water partition coefficient (Wildman–Crippen LogP) is 3.86. The fourth-order valence-electron chi connectivity index (χ4n) is 4.02. The lowest BCUT2D eigenvalue weighted by Gasteiger charge is -2.35. The Morgan fingerprint density at radius 2 is 1.73 bits per heavy atom. The summed E-state index contributed by atoms with van der Waals surface area (Å²) in [6.07, 6.45) is 5.78. The average molecular weight is 401 g/mol. The minimum absolute atomic E-state index is 0.316. The predicted molar refractivity (Wildman–Crippen MR) is 117 cm³/mol. The molecule has 30 heavy (non-hydrogen) atoms. The van der Waals surface area contributed by atoms with Gasteiger partial charge in [0.25, 0.3) is 5.91 Å². The van der Waals surface area contributed by atoms with Crippen LogP contribution in [0.5, 0.6) is 11.5 Å². The summed E-state index contributed by atoms with van der Waals surface area (Å²) >= 11 is 0. The summed E-state index contributed by atoms with van der Waals surface area (Å²) in [6, 6.07) is 15.9. The Bertz CT molecular complexity index is 1110. The van der Waals surface area contributed by atoms with Crippen molar-refractivity contribution in [2.45, 2.75) is 11.8 Å². The van der Waals surface area contributed by atoms with Gasteiger partial charge in [0.1, 0.15) is 11.5 Å². The topological polar surface area (TPSA) is 79.4 Å². The number of nitrogens with two attached hydrogens (primary N) is 1. The Labute approximate surface area is 175 Å². The third kappa shape index (κ3) is 3.06. The van der Waals surface area contributed by atoms with E-state index in [1.165, 1.54) is 10.8 Å². The molecule has 6 heteroatoms. The van der Waals surface area contributed by atoms with E-state index in [0.717, 1.165) is 33.9 Å². The number of anilines is 1. The van der Waals surface area contributed by atoms with E-state index in [-0.39, 0.29) is 5.91 Å². The highest BCUT2D eigenvalue weighted by atomic mass is 16.5. The maximum atomic E-state index is 12.4. The van der Waals surface area contributed by atoms with Crippen molar-refractivity contribution in [3.8, 4) is 11.5 Å². The maximum Gasteiger partial charge on any atom is 0.270 e. The van der Waals surface area contributed by atoms with Crippen molar-refractivity contribution in [2.75, 3.05) is 20.0 Å². The van der Waals surface area contributed by atoms with Gasteiger partial charge in [-0.25, -0.2) is 0 Å². The highest BCUT2D eigenvalue weighted by Crippen LogP contribution is 2.44. The summed E-state index contributed by atoms with van der Waals surface area (Å²) in [4.78, 5) is 12.4. The summed E-state index contributed by atoms with van der Waals surface area (Å²) in [7, 11) is 3.29. The molecule has 4 rings (SSSR count). The highest BCUT2D eigenvalue weighted by Gasteiger charge is 2.38. The van der Waals surface area contributed by atoms with Crippen LogP contribution in [0.4, 0.5) is 5.82 Å². The molecule has 6 nitrogen and oxygen atoms in total. The highest BCUT2D eigenvalue weighted by molar-refractivity contribution is 5.91. The molecule has 0 saturated heterocycles. The molecule has 0 bridgehead atoms. The Morgan fingerprint density at radius 1 is 1.13 bits per heavy atom. The fraction of sp³-hybridized carbons (Fsp3) is 0.167. The van der Waals surface area contributed by atoms with E-state index in [0.29, 0.717) is 12.2 Å². The Kier molecular flexibility index (Phi) is 4.91. The zero-order chi connectivity index (χ0) is 21.3. The molecule has 0 saturated carbocycles. The van der Waals surface area contributed by atoms with E-state index in [9.17, 15) is 4.79 Å². The zero-order valence-corrected chi connectivity index (χ0v) is 17.0. The number of aromatic nitrogens is 2. The fourth-order valence-corrected chi connectivity index (χ4v) is 4.02. The van der Waals surface area contributed by atoms with Gasteiger partial charge in [-0.05, 0) is 41.5 Å². The molecule has 2 aromatic carbocycles. The Morgan fingerprint density at radius 3 is 2.27 bits per heavy atom. The molecule has 2 N–H and O–H groups in total. The summed E-state index contributed by atoms with van der Waals surface area (Å²) < 4.78 is 12.3. The van der Waals surface area contributed by atoms with Crippen LogP contribution in [0.1, 0.15) is 27.2 Å². The van der Waals surface area contributed by atoms with Crippen LogP contribution in [-0.2, 0) is 11.8 Å². The van der Waals surface area contributed by atoms with Crippen molar-refractivity contribution < 1.29 is 14.3 Å². The number of allylic oxidation sites excluding steroid dienone is 2. The summed E-state index contributed by atoms with van der Waals surface area (Å²) in [5, 5.41) is 4.26. The van der Waals surface area contributed by atoms with E-state index in [1.807, 2.05) is 42.5 Å². The van der Waals surface area contributed by atoms with Gasteiger partial charge in [-0.1, -0.05) is 43.0 Å². The molecule has 0 radical (unpaired) electrons. The minimum Gasteiger partial charge on any atom is -0.497 e. The average Bonchev–Trinajstić information content (AvgIpc) is 3.14. The molecule has 0 atom stereocenters. The molecule has 0 spiro atoms. The standard InChI is InChI=1S/C24H23N3O3/c1-4-22(28)27-21-15-24(12-11-20(21)23(25)26-27,16-7-5-9-18(13-16)29-2)17-8-6-10-19(14-17)30-3/h4-14H,1,15H2,2-3H3,(H2,25,26). The third-order valence-corrected chi connectivity index (χ3v) is 5.58. The van der Waals surface area contributed by atoms with Crippen LogP contribution < -0.4 is 15.2 Å². The molecular formula is C24H23N3O3. The van der Waals surface area contributed by atoms with Gasteiger partial charge in [0.05, 0.1) is 19.9 Å². The smallest absolute Gasteiger partial charge is 0.270 e. The number of hydrogen-bond acceptors (Lipinski definition) is 5. The Hall–Kier alpha value is -3.80. The lowest BCUT2D eigenvalue weighted by Crippen LogP contribution is -2.32. The second-order valence-corrected chi connectivity index (χ2v) is 7.15. The van der Waals surface area contributed by atoms with E-state index in [4.69, 9.17) is 15.2 Å². The number of nitrogen functional groups attached to an aromatic ring is 1. The number of rotatable bonds is 5. The lowest BCUT2D eigenvalue weighted by atomic mass is 9.68. The summed E-state index contributed by atoms with van der Waals surface area (Å²) in [5.41, 5.74) is 9.08. The molecule has 3 aromatic rings. The quantitative estimate of drug-likeness (QED) is 0.657. The van der Waals surface area contributed by atoms with Gasteiger partial charge in [0.15, 0.2) is 5.82 Å². The van der Waals surface area contributed by atoms with Crippen molar-refractivity contribution in [3.63, 3.8) is 0 Å². The largest absolute Gasteiger partial charge is 0.497 e. The molecule has 0 unspecified atom stereocenters. The van der Waals surface area contributed by atoms with Crippen molar-refractivity contribution >= 4 is 17.8 Å². The maximum absolute atomic E-state index is 12.4. The number of carbonyl (C=O) groups excluding carboxylic acids is 1. The number of ether oxygens (including phenoxy) is 2. The molecule has 0 fully saturated rings.